The van der Waals surface area contributed by atoms with Crippen LogP contribution in [0, 0.1) is 6.92 Å². The van der Waals surface area contributed by atoms with Crippen LogP contribution in [0.2, 0.25) is 0 Å². The molecule has 9 nitrogen and oxygen atoms in total. The Morgan fingerprint density at radius 1 is 1.03 bits per heavy atom. The van der Waals surface area contributed by atoms with Crippen molar-refractivity contribution in [1.29, 1.82) is 0 Å². The normalized spacial score (nSPS) is 11.6. The first-order chi connectivity index (χ1) is 14.0. The largest absolute Gasteiger partial charge is 0.325 e. The summed E-state index contributed by atoms with van der Waals surface area (Å²) in [4.78, 5) is 30.1. The van der Waals surface area contributed by atoms with Crippen LogP contribution in [0.4, 0.5) is 11.5 Å². The first-order valence-corrected chi connectivity index (χ1v) is 11.2. The van der Waals surface area contributed by atoms with E-state index in [9.17, 15) is 18.0 Å². The quantitative estimate of drug-likeness (QED) is 0.575. The minimum Gasteiger partial charge on any atom is -0.325 e. The molecule has 0 aliphatic heterocycles. The van der Waals surface area contributed by atoms with E-state index in [2.05, 4.69) is 31.5 Å². The first-order valence-electron chi connectivity index (χ1n) is 8.92. The van der Waals surface area contributed by atoms with Gasteiger partial charge in [0.15, 0.2) is 0 Å². The smallest absolute Gasteiger partial charge is 0.242 e. The zero-order valence-corrected chi connectivity index (χ0v) is 19.5. The monoisotopic (exact) mass is 497 g/mol. The van der Waals surface area contributed by atoms with Gasteiger partial charge in [-0.15, -0.1) is 0 Å². The number of halogens is 1. The molecule has 0 spiro atoms. The fourth-order valence-electron chi connectivity index (χ4n) is 2.53. The topological polar surface area (TPSA) is 112 Å². The number of carbonyl (C=O) groups is 2. The fraction of sp³-hybridized carbons (Fsp3) is 0.316. The van der Waals surface area contributed by atoms with Crippen LogP contribution in [0.15, 0.2) is 45.9 Å². The number of anilines is 2. The third-order valence-electron chi connectivity index (χ3n) is 4.05. The van der Waals surface area contributed by atoms with Crippen LogP contribution >= 0.6 is 15.9 Å². The molecular formula is C19H24BrN5O4S. The second-order valence-electron chi connectivity index (χ2n) is 6.90. The van der Waals surface area contributed by atoms with Gasteiger partial charge < -0.3 is 10.6 Å². The van der Waals surface area contributed by atoms with Gasteiger partial charge in [0.1, 0.15) is 5.82 Å². The number of benzene rings is 1. The number of hydrogen-bond donors (Lipinski definition) is 2. The van der Waals surface area contributed by atoms with Crippen LogP contribution in [0.1, 0.15) is 5.56 Å². The van der Waals surface area contributed by atoms with E-state index in [1.807, 2.05) is 0 Å². The van der Waals surface area contributed by atoms with Gasteiger partial charge in [0.2, 0.25) is 21.8 Å². The highest BCUT2D eigenvalue weighted by Crippen LogP contribution is 2.22. The van der Waals surface area contributed by atoms with Crippen molar-refractivity contribution in [2.75, 3.05) is 44.9 Å². The third-order valence-corrected chi connectivity index (χ3v) is 6.48. The Kier molecular flexibility index (Phi) is 8.07. The lowest BCUT2D eigenvalue weighted by molar-refractivity contribution is -0.119. The predicted octanol–water partition coefficient (Wildman–Crippen LogP) is 1.91. The molecule has 2 amide bonds. The van der Waals surface area contributed by atoms with E-state index < -0.39 is 10.0 Å². The van der Waals surface area contributed by atoms with Crippen LogP contribution in [0.5, 0.6) is 0 Å². The van der Waals surface area contributed by atoms with Gasteiger partial charge in [-0.2, -0.15) is 0 Å². The maximum absolute atomic E-state index is 12.4. The van der Waals surface area contributed by atoms with Crippen LogP contribution in [-0.4, -0.2) is 68.7 Å². The van der Waals surface area contributed by atoms with E-state index in [0.717, 1.165) is 8.78 Å². The molecular weight excluding hydrogens is 474 g/mol. The SMILES string of the molecule is Cc1ccc(NC(=O)CN(C)CC(=O)Nc2ccc(Br)cn2)cc1S(=O)(=O)N(C)C. The highest BCUT2D eigenvalue weighted by Gasteiger charge is 2.20. The van der Waals surface area contributed by atoms with Crippen molar-refractivity contribution in [1.82, 2.24) is 14.2 Å². The van der Waals surface area contributed by atoms with E-state index >= 15 is 0 Å². The van der Waals surface area contributed by atoms with Crippen molar-refractivity contribution in [2.45, 2.75) is 11.8 Å². The minimum absolute atomic E-state index is 0.0146. The Hall–Kier alpha value is -2.34. The summed E-state index contributed by atoms with van der Waals surface area (Å²) in [5.74, 6) is -0.269. The molecule has 0 fully saturated rings. The summed E-state index contributed by atoms with van der Waals surface area (Å²) in [7, 11) is 0.899. The maximum Gasteiger partial charge on any atom is 0.242 e. The van der Waals surface area contributed by atoms with Crippen molar-refractivity contribution in [2.24, 2.45) is 0 Å². The van der Waals surface area contributed by atoms with E-state index in [4.69, 9.17) is 0 Å². The zero-order valence-electron chi connectivity index (χ0n) is 17.1. The number of aromatic nitrogens is 1. The lowest BCUT2D eigenvalue weighted by Crippen LogP contribution is -2.36. The Morgan fingerprint density at radius 3 is 2.23 bits per heavy atom. The van der Waals surface area contributed by atoms with Crippen molar-refractivity contribution in [3.63, 3.8) is 0 Å². The average molecular weight is 498 g/mol. The molecule has 0 aliphatic rings. The zero-order chi connectivity index (χ0) is 22.5. The number of nitrogens with one attached hydrogen (secondary N) is 2. The van der Waals surface area contributed by atoms with Gasteiger partial charge in [-0.1, -0.05) is 6.07 Å². The predicted molar refractivity (Wildman–Crippen MR) is 119 cm³/mol. The number of amides is 2. The number of pyridine rings is 1. The number of sulfonamides is 1. The number of rotatable bonds is 8. The summed E-state index contributed by atoms with van der Waals surface area (Å²) in [6.45, 7) is 1.62. The maximum atomic E-state index is 12.4. The molecule has 0 bridgehead atoms. The van der Waals surface area contributed by atoms with E-state index in [-0.39, 0.29) is 29.8 Å². The molecule has 0 saturated heterocycles. The minimum atomic E-state index is -3.63. The van der Waals surface area contributed by atoms with Gasteiger partial charge in [-0.25, -0.2) is 17.7 Å². The molecule has 2 N–H and O–H groups in total. The number of likely N-dealkylation sites (N-methyl/N-ethyl adjacent to an activating group) is 1. The highest BCUT2D eigenvalue weighted by molar-refractivity contribution is 9.10. The Balaban J connectivity index is 1.95. The van der Waals surface area contributed by atoms with Crippen LogP contribution in [0.3, 0.4) is 0 Å². The van der Waals surface area contributed by atoms with Gasteiger partial charge in [-0.05, 0) is 59.7 Å². The fourth-order valence-corrected chi connectivity index (χ4v) is 3.91. The van der Waals surface area contributed by atoms with Gasteiger partial charge in [-0.3, -0.25) is 14.5 Å². The van der Waals surface area contributed by atoms with Gasteiger partial charge in [0, 0.05) is 30.5 Å². The first kappa shape index (κ1) is 23.9. The highest BCUT2D eigenvalue weighted by atomic mass is 79.9. The van der Waals surface area contributed by atoms with Crippen LogP contribution in [-0.2, 0) is 19.6 Å². The van der Waals surface area contributed by atoms with Gasteiger partial charge >= 0.3 is 0 Å². The molecule has 0 atom stereocenters. The summed E-state index contributed by atoms with van der Waals surface area (Å²) in [5.41, 5.74) is 0.944. The third kappa shape index (κ3) is 6.59. The molecule has 0 radical (unpaired) electrons. The Bertz CT molecular complexity index is 1030. The summed E-state index contributed by atoms with van der Waals surface area (Å²) in [5, 5.41) is 5.32. The van der Waals surface area contributed by atoms with Crippen LogP contribution in [0.25, 0.3) is 0 Å². The van der Waals surface area contributed by atoms with E-state index in [1.54, 1.807) is 44.4 Å². The second-order valence-corrected chi connectivity index (χ2v) is 9.93. The molecule has 0 unspecified atom stereocenters. The Labute approximate surface area is 184 Å². The molecule has 162 valence electrons. The molecule has 1 heterocycles. The summed E-state index contributed by atoms with van der Waals surface area (Å²) in [6.07, 6.45) is 1.57. The van der Waals surface area contributed by atoms with Crippen LogP contribution < -0.4 is 10.6 Å². The number of hydrogen-bond acceptors (Lipinski definition) is 6. The van der Waals surface area contributed by atoms with E-state index in [0.29, 0.717) is 17.1 Å². The molecule has 1 aromatic heterocycles. The number of carbonyl (C=O) groups excluding carboxylic acids is 2. The molecule has 0 aliphatic carbocycles. The van der Waals surface area contributed by atoms with Crippen molar-refractivity contribution in [3.05, 3.63) is 46.6 Å². The second kappa shape index (κ2) is 10.1. The van der Waals surface area contributed by atoms with Crippen molar-refractivity contribution >= 4 is 49.3 Å². The summed E-state index contributed by atoms with van der Waals surface area (Å²) in [6, 6.07) is 8.11. The molecule has 30 heavy (non-hydrogen) atoms. The molecule has 11 heteroatoms. The summed E-state index contributed by atoms with van der Waals surface area (Å²) < 4.78 is 26.7. The van der Waals surface area contributed by atoms with E-state index in [1.165, 1.54) is 25.1 Å². The number of nitrogens with zero attached hydrogens (tertiary/aromatic N) is 3. The van der Waals surface area contributed by atoms with Crippen molar-refractivity contribution in [3.8, 4) is 0 Å². The summed E-state index contributed by atoms with van der Waals surface area (Å²) >= 11 is 3.27. The Morgan fingerprint density at radius 2 is 1.67 bits per heavy atom. The molecule has 0 saturated carbocycles. The van der Waals surface area contributed by atoms with Gasteiger partial charge in [0.25, 0.3) is 0 Å². The number of aryl methyl sites for hydroxylation is 1. The lowest BCUT2D eigenvalue weighted by atomic mass is 10.2. The lowest BCUT2D eigenvalue weighted by Gasteiger charge is -2.17. The average Bonchev–Trinajstić information content (AvgIpc) is 2.64. The standard InChI is InChI=1S/C19H24BrN5O4S/c1-13-5-7-15(9-16(13)30(28,29)24(2)3)22-18(26)11-25(4)12-19(27)23-17-8-6-14(20)10-21-17/h5-10H,11-12H2,1-4H3,(H,22,26)(H,21,23,27). The van der Waals surface area contributed by atoms with Crippen molar-refractivity contribution < 1.29 is 18.0 Å². The molecule has 2 rings (SSSR count). The molecule has 1 aromatic carbocycles. The molecule has 2 aromatic rings. The van der Waals surface area contributed by atoms with Gasteiger partial charge in [0.05, 0.1) is 18.0 Å².